The lowest BCUT2D eigenvalue weighted by atomic mass is 10.1. The Labute approximate surface area is 320 Å². The van der Waals surface area contributed by atoms with Crippen LogP contribution in [0.4, 0.5) is 0 Å². The molecule has 5 aromatic rings. The van der Waals surface area contributed by atoms with Crippen molar-refractivity contribution in [2.24, 2.45) is 0 Å². The first-order chi connectivity index (χ1) is 25.8. The summed E-state index contributed by atoms with van der Waals surface area (Å²) in [6.45, 7) is 2.20. The van der Waals surface area contributed by atoms with E-state index < -0.39 is 52.1 Å². The van der Waals surface area contributed by atoms with Crippen LogP contribution in [0.5, 0.6) is 5.75 Å². The quantitative estimate of drug-likeness (QED) is 0.0558. The summed E-state index contributed by atoms with van der Waals surface area (Å²) in [5.74, 6) is -1.04. The largest absolute Gasteiger partial charge is 0.497 e. The molecule has 55 heavy (non-hydrogen) atoms. The molecule has 14 nitrogen and oxygen atoms in total. The Bertz CT molecular complexity index is 2300. The van der Waals surface area contributed by atoms with Crippen LogP contribution in [0.3, 0.4) is 0 Å². The number of carbonyl (C=O) groups is 2. The number of benzene rings is 5. The second-order valence-electron chi connectivity index (χ2n) is 11.8. The average Bonchev–Trinajstić information content (AvgIpc) is 3.13. The molecule has 5 N–H and O–H groups in total. The van der Waals surface area contributed by atoms with Gasteiger partial charge in [-0.2, -0.15) is 25.3 Å². The van der Waals surface area contributed by atoms with Crippen LogP contribution in [0, 0.1) is 0 Å². The molecule has 0 unspecified atom stereocenters. The molecule has 298 valence electrons. The number of carboxylic acid groups (broad SMARTS) is 2. The van der Waals surface area contributed by atoms with Crippen molar-refractivity contribution in [2.45, 2.75) is 73.0 Å². The number of rotatable bonds is 13. The fourth-order valence-electron chi connectivity index (χ4n) is 5.02. The monoisotopic (exact) mass is 820 g/mol. The van der Waals surface area contributed by atoms with Crippen LogP contribution < -0.4 is 4.74 Å². The third-order valence-electron chi connectivity index (χ3n) is 7.73. The Morgan fingerprint density at radius 3 is 1.55 bits per heavy atom. The van der Waals surface area contributed by atoms with Crippen molar-refractivity contribution >= 4 is 63.8 Å². The first-order valence-corrected chi connectivity index (χ1v) is 21.1. The molecule has 5 rings (SSSR count). The fourth-order valence-corrected chi connectivity index (χ4v) is 6.95. The Kier molecular flexibility index (Phi) is 18.4. The van der Waals surface area contributed by atoms with Gasteiger partial charge in [-0.15, -0.1) is 0 Å². The second kappa shape index (κ2) is 21.8. The van der Waals surface area contributed by atoms with Crippen molar-refractivity contribution < 1.29 is 63.5 Å². The number of methoxy groups -OCH3 is 1. The summed E-state index contributed by atoms with van der Waals surface area (Å²) in [6, 6.07) is 25.7. The minimum atomic E-state index is -4.47. The van der Waals surface area contributed by atoms with Crippen molar-refractivity contribution in [2.75, 3.05) is 7.11 Å². The van der Waals surface area contributed by atoms with Gasteiger partial charge in [0.25, 0.3) is 30.4 Å². The van der Waals surface area contributed by atoms with E-state index in [2.05, 4.69) is 6.92 Å². The Hall–Kier alpha value is -4.91. The van der Waals surface area contributed by atoms with Crippen molar-refractivity contribution in [3.05, 3.63) is 109 Å². The van der Waals surface area contributed by atoms with Crippen LogP contribution in [0.2, 0.25) is 0 Å². The summed E-state index contributed by atoms with van der Waals surface area (Å²) in [4.78, 5) is 19.7. The number of hydrogen-bond acceptors (Lipinski definition) is 9. The van der Waals surface area contributed by atoms with Crippen LogP contribution >= 0.6 is 0 Å². The topological polar surface area (TPSA) is 247 Å². The number of unbranched alkanes of at least 4 members (excludes halogenated alkanes) is 6. The Morgan fingerprint density at radius 1 is 0.564 bits per heavy atom. The molecule has 5 aromatic carbocycles. The average molecular weight is 821 g/mol. The molecular formula is C38H44O14S3. The van der Waals surface area contributed by atoms with E-state index in [0.29, 0.717) is 12.2 Å². The summed E-state index contributed by atoms with van der Waals surface area (Å²) in [5, 5.41) is 18.7. The maximum Gasteiger partial charge on any atom is 0.335 e. The zero-order valence-electron chi connectivity index (χ0n) is 30.1. The highest BCUT2D eigenvalue weighted by molar-refractivity contribution is 7.86. The summed E-state index contributed by atoms with van der Waals surface area (Å²) in [7, 11) is -11.5. The van der Waals surface area contributed by atoms with Crippen LogP contribution in [0.1, 0.15) is 68.6 Å². The number of hydrogen-bond donors (Lipinski definition) is 5. The summed E-state index contributed by atoms with van der Waals surface area (Å²) in [5.41, 5.74) is 0.240. The number of ether oxygens (including phenoxy) is 1. The Morgan fingerprint density at radius 2 is 1.07 bits per heavy atom. The smallest absolute Gasteiger partial charge is 0.335 e. The van der Waals surface area contributed by atoms with Gasteiger partial charge in [0.15, 0.2) is 0 Å². The lowest BCUT2D eigenvalue weighted by Gasteiger charge is -2.06. The number of carboxylic acids is 2. The molecule has 0 aliphatic carbocycles. The van der Waals surface area contributed by atoms with E-state index in [1.54, 1.807) is 24.3 Å². The predicted octanol–water partition coefficient (Wildman–Crippen LogP) is 8.02. The van der Waals surface area contributed by atoms with Gasteiger partial charge >= 0.3 is 11.9 Å². The van der Waals surface area contributed by atoms with Crippen molar-refractivity contribution in [1.29, 1.82) is 0 Å². The molecule has 0 aliphatic rings. The third-order valence-corrected chi connectivity index (χ3v) is 10.4. The predicted molar refractivity (Wildman–Crippen MR) is 208 cm³/mol. The minimum Gasteiger partial charge on any atom is -0.497 e. The van der Waals surface area contributed by atoms with Gasteiger partial charge in [0.2, 0.25) is 0 Å². The summed E-state index contributed by atoms with van der Waals surface area (Å²) < 4.78 is 98.0. The van der Waals surface area contributed by atoms with Gasteiger partial charge in [-0.3, -0.25) is 18.5 Å². The number of aromatic carboxylic acids is 1. The lowest BCUT2D eigenvalue weighted by molar-refractivity contribution is -0.137. The van der Waals surface area contributed by atoms with E-state index >= 15 is 0 Å². The SMILES string of the molecule is CCCCCCCCCC(=O)O.COc1cccc(C(=O)O)c1.O=S(=O)(O)c1ccc2ccccc2c1.O=S(=O)(O)c1cccc2c(S(=O)(=O)O)cccc12. The van der Waals surface area contributed by atoms with Gasteiger partial charge in [0.1, 0.15) is 15.5 Å². The minimum absolute atomic E-state index is 0.0233. The van der Waals surface area contributed by atoms with E-state index in [0.717, 1.165) is 35.7 Å². The lowest BCUT2D eigenvalue weighted by Crippen LogP contribution is -2.02. The molecule has 0 saturated heterocycles. The van der Waals surface area contributed by atoms with Crippen molar-refractivity contribution in [3.8, 4) is 5.75 Å². The van der Waals surface area contributed by atoms with Gasteiger partial charge in [-0.25, -0.2) is 4.79 Å². The highest BCUT2D eigenvalue weighted by Gasteiger charge is 2.19. The molecule has 0 bridgehead atoms. The van der Waals surface area contributed by atoms with Crippen LogP contribution in [-0.2, 0) is 35.1 Å². The highest BCUT2D eigenvalue weighted by Crippen LogP contribution is 2.28. The molecule has 0 atom stereocenters. The van der Waals surface area contributed by atoms with Gasteiger partial charge in [-0.1, -0.05) is 106 Å². The zero-order chi connectivity index (χ0) is 41.2. The van der Waals surface area contributed by atoms with Crippen molar-refractivity contribution in [1.82, 2.24) is 0 Å². The molecular weight excluding hydrogens is 777 g/mol. The van der Waals surface area contributed by atoms with E-state index in [9.17, 15) is 34.8 Å². The number of fused-ring (bicyclic) bond motifs is 2. The molecule has 17 heteroatoms. The number of aliphatic carboxylic acids is 1. The standard InChI is InChI=1S/C10H8O6S2.C10H8O3S.C10H20O2.C8H8O3/c11-17(12,13)9-5-1-3-7-8(9)4-2-6-10(7)18(14,15)16;11-14(12,13)10-6-5-8-3-1-2-4-9(8)7-10;1-2-3-4-5-6-7-8-9-10(11)12;1-11-7-4-2-3-6(5-7)8(9)10/h1-6H,(H,11,12,13)(H,14,15,16);1-7H,(H,11,12,13);2-9H2,1H3,(H,11,12);2-5H,1H3,(H,9,10). The van der Waals surface area contributed by atoms with E-state index in [-0.39, 0.29) is 21.2 Å². The third kappa shape index (κ3) is 16.2. The molecule has 0 fully saturated rings. The summed E-state index contributed by atoms with van der Waals surface area (Å²) >= 11 is 0. The normalized spacial score (nSPS) is 11.2. The molecule has 0 saturated carbocycles. The second-order valence-corrected chi connectivity index (χ2v) is 16.0. The van der Waals surface area contributed by atoms with Crippen LogP contribution in [0.25, 0.3) is 21.5 Å². The molecule has 0 aliphatic heterocycles. The highest BCUT2D eigenvalue weighted by atomic mass is 32.2. The zero-order valence-corrected chi connectivity index (χ0v) is 32.6. The van der Waals surface area contributed by atoms with Gasteiger partial charge in [0.05, 0.1) is 17.6 Å². The van der Waals surface area contributed by atoms with E-state index in [4.69, 9.17) is 28.6 Å². The Balaban J connectivity index is 0.000000259. The molecule has 0 radical (unpaired) electrons. The van der Waals surface area contributed by atoms with Gasteiger partial charge in [-0.05, 0) is 59.7 Å². The fraction of sp³-hybridized carbons (Fsp3) is 0.263. The maximum atomic E-state index is 11.2. The van der Waals surface area contributed by atoms with Crippen molar-refractivity contribution in [3.63, 3.8) is 0 Å². The molecule has 0 amide bonds. The maximum absolute atomic E-state index is 11.2. The van der Waals surface area contributed by atoms with Gasteiger partial charge in [0, 0.05) is 17.2 Å². The van der Waals surface area contributed by atoms with E-state index in [1.165, 1.54) is 87.7 Å². The molecule has 0 spiro atoms. The summed E-state index contributed by atoms with van der Waals surface area (Å²) in [6.07, 6.45) is 8.64. The van der Waals surface area contributed by atoms with E-state index in [1.807, 2.05) is 18.2 Å². The van der Waals surface area contributed by atoms with Gasteiger partial charge < -0.3 is 14.9 Å². The van der Waals surface area contributed by atoms with Crippen LogP contribution in [0.15, 0.2) is 118 Å². The first kappa shape index (κ1) is 46.2. The molecule has 0 aromatic heterocycles. The molecule has 0 heterocycles. The first-order valence-electron chi connectivity index (χ1n) is 16.8. The van der Waals surface area contributed by atoms with Crippen LogP contribution in [-0.4, -0.2) is 68.2 Å².